The van der Waals surface area contributed by atoms with Crippen molar-refractivity contribution in [3.63, 3.8) is 0 Å². The summed E-state index contributed by atoms with van der Waals surface area (Å²) in [7, 11) is 0. The molecule has 1 aliphatic rings. The van der Waals surface area contributed by atoms with Crippen LogP contribution in [0.1, 0.15) is 39.5 Å². The largest absolute Gasteiger partial charge is 0.466 e. The van der Waals surface area contributed by atoms with Crippen LogP contribution in [0.5, 0.6) is 0 Å². The lowest BCUT2D eigenvalue weighted by Gasteiger charge is -2.24. The predicted molar refractivity (Wildman–Crippen MR) is 67.9 cm³/mol. The van der Waals surface area contributed by atoms with E-state index in [2.05, 4.69) is 12.2 Å². The second kappa shape index (κ2) is 7.90. The molecule has 0 aromatic heterocycles. The van der Waals surface area contributed by atoms with Crippen LogP contribution in [-0.2, 0) is 19.1 Å². The molecule has 0 aromatic carbocycles. The molecule has 102 valence electrons. The molecule has 1 aliphatic carbocycles. The van der Waals surface area contributed by atoms with Crippen molar-refractivity contribution in [3.8, 4) is 0 Å². The maximum atomic E-state index is 11.9. The molecule has 0 spiro atoms. The van der Waals surface area contributed by atoms with Crippen molar-refractivity contribution in [3.05, 3.63) is 12.2 Å². The van der Waals surface area contributed by atoms with Crippen LogP contribution in [0.2, 0.25) is 0 Å². The van der Waals surface area contributed by atoms with Gasteiger partial charge >= 0.3 is 11.9 Å². The number of ether oxygens (including phenoxy) is 2. The Morgan fingerprint density at radius 2 is 1.33 bits per heavy atom. The first-order chi connectivity index (χ1) is 8.70. The van der Waals surface area contributed by atoms with Crippen molar-refractivity contribution >= 4 is 11.9 Å². The highest BCUT2D eigenvalue weighted by Gasteiger charge is 2.35. The minimum atomic E-state index is -0.367. The minimum absolute atomic E-state index is 0.272. The van der Waals surface area contributed by atoms with Crippen LogP contribution >= 0.6 is 0 Å². The zero-order valence-corrected chi connectivity index (χ0v) is 11.2. The summed E-state index contributed by atoms with van der Waals surface area (Å²) in [6.45, 7) is 4.25. The van der Waals surface area contributed by atoms with Crippen molar-refractivity contribution in [2.45, 2.75) is 39.5 Å². The highest BCUT2D eigenvalue weighted by molar-refractivity contribution is 5.82. The molecular formula is C14H22O4. The summed E-state index contributed by atoms with van der Waals surface area (Å²) in [6.07, 6.45) is 7.04. The zero-order valence-electron chi connectivity index (χ0n) is 11.2. The number of hydrogen-bond acceptors (Lipinski definition) is 4. The summed E-state index contributed by atoms with van der Waals surface area (Å²) in [5.74, 6) is -1.28. The Hall–Kier alpha value is -1.32. The second-order valence-electron chi connectivity index (χ2n) is 4.34. The van der Waals surface area contributed by atoms with Gasteiger partial charge in [-0.3, -0.25) is 9.59 Å². The molecule has 0 aliphatic heterocycles. The first kappa shape index (κ1) is 14.7. The molecule has 0 saturated heterocycles. The molecule has 2 unspecified atom stereocenters. The Morgan fingerprint density at radius 1 is 0.944 bits per heavy atom. The fourth-order valence-corrected chi connectivity index (χ4v) is 2.25. The third kappa shape index (κ3) is 4.17. The van der Waals surface area contributed by atoms with Crippen molar-refractivity contribution < 1.29 is 19.1 Å². The molecule has 0 radical (unpaired) electrons. The topological polar surface area (TPSA) is 52.6 Å². The molecule has 0 bridgehead atoms. The predicted octanol–water partition coefficient (Wildman–Crippen LogP) is 2.48. The molecule has 4 heteroatoms. The molecule has 0 aromatic rings. The van der Waals surface area contributed by atoms with E-state index in [9.17, 15) is 9.59 Å². The van der Waals surface area contributed by atoms with E-state index in [1.54, 1.807) is 13.8 Å². The lowest BCUT2D eigenvalue weighted by Crippen LogP contribution is -2.33. The fourth-order valence-electron chi connectivity index (χ4n) is 2.25. The first-order valence-corrected chi connectivity index (χ1v) is 6.69. The third-order valence-electron chi connectivity index (χ3n) is 3.12. The molecule has 0 N–H and O–H groups in total. The van der Waals surface area contributed by atoms with Crippen molar-refractivity contribution in [1.82, 2.24) is 0 Å². The van der Waals surface area contributed by atoms with E-state index < -0.39 is 0 Å². The molecule has 1 rings (SSSR count). The first-order valence-electron chi connectivity index (χ1n) is 6.69. The molecule has 18 heavy (non-hydrogen) atoms. The van der Waals surface area contributed by atoms with E-state index in [1.165, 1.54) is 0 Å². The highest BCUT2D eigenvalue weighted by Crippen LogP contribution is 2.28. The molecule has 0 fully saturated rings. The molecule has 0 amide bonds. The van der Waals surface area contributed by atoms with E-state index >= 15 is 0 Å². The fraction of sp³-hybridized carbons (Fsp3) is 0.714. The number of carbonyl (C=O) groups excluding carboxylic acids is 2. The normalized spacial score (nSPS) is 23.9. The Bertz CT molecular complexity index is 279. The molecule has 0 saturated carbocycles. The van der Waals surface area contributed by atoms with Gasteiger partial charge in [0.15, 0.2) is 0 Å². The summed E-state index contributed by atoms with van der Waals surface area (Å²) in [6, 6.07) is 0. The number of carbonyl (C=O) groups is 2. The minimum Gasteiger partial charge on any atom is -0.466 e. The van der Waals surface area contributed by atoms with Crippen molar-refractivity contribution in [2.24, 2.45) is 11.8 Å². The number of rotatable bonds is 4. The summed E-state index contributed by atoms with van der Waals surface area (Å²) < 4.78 is 10.1. The lowest BCUT2D eigenvalue weighted by atomic mass is 9.83. The monoisotopic (exact) mass is 254 g/mol. The zero-order chi connectivity index (χ0) is 13.4. The van der Waals surface area contributed by atoms with E-state index in [0.717, 1.165) is 12.8 Å². The number of hydrogen-bond donors (Lipinski definition) is 0. The van der Waals surface area contributed by atoms with Gasteiger partial charge in [0.2, 0.25) is 0 Å². The van der Waals surface area contributed by atoms with Crippen LogP contribution in [0.25, 0.3) is 0 Å². The lowest BCUT2D eigenvalue weighted by molar-refractivity contribution is -0.161. The van der Waals surface area contributed by atoms with Gasteiger partial charge in [-0.15, -0.1) is 0 Å². The van der Waals surface area contributed by atoms with Gasteiger partial charge in [-0.25, -0.2) is 0 Å². The van der Waals surface area contributed by atoms with E-state index in [1.807, 2.05) is 0 Å². The summed E-state index contributed by atoms with van der Waals surface area (Å²) in [5, 5.41) is 0. The molecule has 2 atom stereocenters. The van der Waals surface area contributed by atoms with Gasteiger partial charge in [-0.1, -0.05) is 12.2 Å². The van der Waals surface area contributed by atoms with Crippen LogP contribution in [0.3, 0.4) is 0 Å². The quantitative estimate of drug-likeness (QED) is 0.571. The number of allylic oxidation sites excluding steroid dienone is 2. The van der Waals surface area contributed by atoms with Crippen LogP contribution in [0, 0.1) is 11.8 Å². The SMILES string of the molecule is CCOC(=O)C1CCC=CCCC1C(=O)OCC. The van der Waals surface area contributed by atoms with Gasteiger partial charge in [-0.2, -0.15) is 0 Å². The average Bonchev–Trinajstić information content (AvgIpc) is 2.29. The standard InChI is InChI=1S/C14H22O4/c1-3-17-13(15)11-9-7-5-6-8-10-12(11)14(16)18-4-2/h5-6,11-12H,3-4,7-10H2,1-2H3. The molecule has 0 heterocycles. The Labute approximate surface area is 108 Å². The van der Waals surface area contributed by atoms with Crippen LogP contribution in [0.4, 0.5) is 0 Å². The Morgan fingerprint density at radius 3 is 1.67 bits per heavy atom. The summed E-state index contributed by atoms with van der Waals surface area (Å²) in [5.41, 5.74) is 0. The maximum Gasteiger partial charge on any atom is 0.309 e. The van der Waals surface area contributed by atoms with Gasteiger partial charge in [-0.05, 0) is 39.5 Å². The van der Waals surface area contributed by atoms with E-state index in [-0.39, 0.29) is 23.8 Å². The summed E-state index contributed by atoms with van der Waals surface area (Å²) in [4.78, 5) is 23.9. The van der Waals surface area contributed by atoms with Gasteiger partial charge in [0.1, 0.15) is 0 Å². The molecule has 4 nitrogen and oxygen atoms in total. The van der Waals surface area contributed by atoms with Crippen LogP contribution in [-0.4, -0.2) is 25.2 Å². The molecular weight excluding hydrogens is 232 g/mol. The van der Waals surface area contributed by atoms with E-state index in [0.29, 0.717) is 26.1 Å². The summed E-state index contributed by atoms with van der Waals surface area (Å²) >= 11 is 0. The van der Waals surface area contributed by atoms with Gasteiger partial charge in [0.25, 0.3) is 0 Å². The van der Waals surface area contributed by atoms with E-state index in [4.69, 9.17) is 9.47 Å². The van der Waals surface area contributed by atoms with Gasteiger partial charge < -0.3 is 9.47 Å². The van der Waals surface area contributed by atoms with Crippen molar-refractivity contribution in [1.29, 1.82) is 0 Å². The van der Waals surface area contributed by atoms with Crippen LogP contribution < -0.4 is 0 Å². The smallest absolute Gasteiger partial charge is 0.309 e. The Kier molecular flexibility index (Phi) is 6.47. The Balaban J connectivity index is 2.79. The van der Waals surface area contributed by atoms with Crippen molar-refractivity contribution in [2.75, 3.05) is 13.2 Å². The maximum absolute atomic E-state index is 11.9. The van der Waals surface area contributed by atoms with Crippen LogP contribution in [0.15, 0.2) is 12.2 Å². The third-order valence-corrected chi connectivity index (χ3v) is 3.12. The van der Waals surface area contributed by atoms with Gasteiger partial charge in [0.05, 0.1) is 25.0 Å². The van der Waals surface area contributed by atoms with Gasteiger partial charge in [0, 0.05) is 0 Å². The second-order valence-corrected chi connectivity index (χ2v) is 4.34. The highest BCUT2D eigenvalue weighted by atomic mass is 16.5. The number of esters is 2. The average molecular weight is 254 g/mol.